The second-order valence-corrected chi connectivity index (χ2v) is 3.74. The van der Waals surface area contributed by atoms with Crippen molar-refractivity contribution < 1.29 is 4.74 Å². The molecule has 1 aromatic rings. The Morgan fingerprint density at radius 3 is 2.80 bits per heavy atom. The first-order chi connectivity index (χ1) is 7.32. The van der Waals surface area contributed by atoms with Crippen LogP contribution in [0.3, 0.4) is 0 Å². The molecular weight excluding hydrogens is 190 g/mol. The Morgan fingerprint density at radius 2 is 2.40 bits per heavy atom. The van der Waals surface area contributed by atoms with Crippen LogP contribution in [0.5, 0.6) is 0 Å². The molecule has 0 aromatic carbocycles. The fourth-order valence-corrected chi connectivity index (χ4v) is 1.87. The molecule has 4 heteroatoms. The van der Waals surface area contributed by atoms with Crippen LogP contribution in [0.25, 0.3) is 0 Å². The summed E-state index contributed by atoms with van der Waals surface area (Å²) >= 11 is 0. The summed E-state index contributed by atoms with van der Waals surface area (Å²) in [5.74, 6) is 0. The molecule has 0 bridgehead atoms. The summed E-state index contributed by atoms with van der Waals surface area (Å²) in [6.07, 6.45) is 1.74. The highest BCUT2D eigenvalue weighted by atomic mass is 16.5. The van der Waals surface area contributed by atoms with Crippen LogP contribution in [0, 0.1) is 16.7 Å². The summed E-state index contributed by atoms with van der Waals surface area (Å²) in [6.45, 7) is 0.956. The second kappa shape index (κ2) is 3.97. The molecule has 0 saturated carbocycles. The van der Waals surface area contributed by atoms with Gasteiger partial charge >= 0.3 is 0 Å². The fourth-order valence-electron chi connectivity index (χ4n) is 1.87. The van der Waals surface area contributed by atoms with E-state index in [9.17, 15) is 5.26 Å². The summed E-state index contributed by atoms with van der Waals surface area (Å²) < 4.78 is 5.14. The lowest BCUT2D eigenvalue weighted by Gasteiger charge is -2.41. The Labute approximate surface area is 88.9 Å². The summed E-state index contributed by atoms with van der Waals surface area (Å²) in [7, 11) is 1.84. The minimum absolute atomic E-state index is 0.0579. The standard InChI is InChI=1S/C11H13N3O/c1-13-10(9-4-2-3-5-14-9)11(6-12)7-15-8-11/h2-5,10,13H,7-8H2,1H3. The number of hydrogen-bond acceptors (Lipinski definition) is 4. The molecule has 0 aliphatic carbocycles. The number of rotatable bonds is 3. The Kier molecular flexibility index (Phi) is 2.67. The summed E-state index contributed by atoms with van der Waals surface area (Å²) in [6, 6.07) is 8.00. The van der Waals surface area contributed by atoms with Gasteiger partial charge in [0.2, 0.25) is 0 Å². The second-order valence-electron chi connectivity index (χ2n) is 3.74. The maximum Gasteiger partial charge on any atom is 0.125 e. The molecule has 0 amide bonds. The Balaban J connectivity index is 2.29. The smallest absolute Gasteiger partial charge is 0.125 e. The third-order valence-electron chi connectivity index (χ3n) is 2.77. The van der Waals surface area contributed by atoms with Gasteiger partial charge in [-0.1, -0.05) is 6.07 Å². The summed E-state index contributed by atoms with van der Waals surface area (Å²) in [4.78, 5) is 4.28. The van der Waals surface area contributed by atoms with Crippen molar-refractivity contribution in [2.24, 2.45) is 5.41 Å². The van der Waals surface area contributed by atoms with Gasteiger partial charge in [-0.15, -0.1) is 0 Å². The van der Waals surface area contributed by atoms with Gasteiger partial charge in [-0.05, 0) is 19.2 Å². The number of aromatic nitrogens is 1. The molecule has 1 aliphatic rings. The maximum absolute atomic E-state index is 9.20. The van der Waals surface area contributed by atoms with E-state index in [0.717, 1.165) is 5.69 Å². The fraction of sp³-hybridized carbons (Fsp3) is 0.455. The molecule has 4 nitrogen and oxygen atoms in total. The quantitative estimate of drug-likeness (QED) is 0.792. The van der Waals surface area contributed by atoms with Gasteiger partial charge in [0, 0.05) is 6.20 Å². The van der Waals surface area contributed by atoms with E-state index in [-0.39, 0.29) is 6.04 Å². The monoisotopic (exact) mass is 203 g/mol. The summed E-state index contributed by atoms with van der Waals surface area (Å²) in [5, 5.41) is 12.3. The van der Waals surface area contributed by atoms with Crippen LogP contribution in [-0.4, -0.2) is 25.2 Å². The van der Waals surface area contributed by atoms with E-state index in [1.165, 1.54) is 0 Å². The van der Waals surface area contributed by atoms with E-state index in [0.29, 0.717) is 13.2 Å². The molecule has 1 atom stereocenters. The normalized spacial score (nSPS) is 20.0. The van der Waals surface area contributed by atoms with E-state index in [1.807, 2.05) is 25.2 Å². The van der Waals surface area contributed by atoms with Crippen LogP contribution in [0.1, 0.15) is 11.7 Å². The Morgan fingerprint density at radius 1 is 1.60 bits per heavy atom. The summed E-state index contributed by atoms with van der Waals surface area (Å²) in [5.41, 5.74) is 0.438. The molecule has 78 valence electrons. The van der Waals surface area contributed by atoms with Gasteiger partial charge in [0.25, 0.3) is 0 Å². The van der Waals surface area contributed by atoms with Crippen molar-refractivity contribution in [1.82, 2.24) is 10.3 Å². The molecule has 2 rings (SSSR count). The zero-order chi connectivity index (χ0) is 10.7. The predicted octanol–water partition coefficient (Wildman–Crippen LogP) is 0.882. The first kappa shape index (κ1) is 10.1. The number of nitrogens with zero attached hydrogens (tertiary/aromatic N) is 2. The third-order valence-corrected chi connectivity index (χ3v) is 2.77. The molecule has 0 spiro atoms. The highest BCUT2D eigenvalue weighted by Crippen LogP contribution is 2.38. The molecule has 1 saturated heterocycles. The average molecular weight is 203 g/mol. The highest BCUT2D eigenvalue weighted by molar-refractivity contribution is 5.20. The van der Waals surface area contributed by atoms with Crippen molar-refractivity contribution in [3.05, 3.63) is 30.1 Å². The van der Waals surface area contributed by atoms with Crippen molar-refractivity contribution in [3.63, 3.8) is 0 Å². The maximum atomic E-state index is 9.20. The van der Waals surface area contributed by atoms with E-state index >= 15 is 0 Å². The van der Waals surface area contributed by atoms with Gasteiger partial charge in [-0.2, -0.15) is 5.26 Å². The van der Waals surface area contributed by atoms with Gasteiger partial charge < -0.3 is 10.1 Å². The van der Waals surface area contributed by atoms with Crippen LogP contribution in [-0.2, 0) is 4.74 Å². The van der Waals surface area contributed by atoms with Gasteiger partial charge in [0.1, 0.15) is 5.41 Å². The average Bonchev–Trinajstić information content (AvgIpc) is 2.24. The van der Waals surface area contributed by atoms with Crippen molar-refractivity contribution in [2.45, 2.75) is 6.04 Å². The molecule has 0 radical (unpaired) electrons. The van der Waals surface area contributed by atoms with Crippen LogP contribution in [0.4, 0.5) is 0 Å². The zero-order valence-electron chi connectivity index (χ0n) is 8.60. The van der Waals surface area contributed by atoms with Crippen LogP contribution in [0.15, 0.2) is 24.4 Å². The largest absolute Gasteiger partial charge is 0.378 e. The topological polar surface area (TPSA) is 57.9 Å². The van der Waals surface area contributed by atoms with E-state index in [2.05, 4.69) is 16.4 Å². The van der Waals surface area contributed by atoms with Gasteiger partial charge in [-0.3, -0.25) is 4.98 Å². The zero-order valence-corrected chi connectivity index (χ0v) is 8.60. The molecule has 1 fully saturated rings. The van der Waals surface area contributed by atoms with E-state index < -0.39 is 5.41 Å². The Hall–Kier alpha value is -1.44. The first-order valence-corrected chi connectivity index (χ1v) is 4.89. The van der Waals surface area contributed by atoms with Gasteiger partial charge in [0.15, 0.2) is 0 Å². The molecular formula is C11H13N3O. The Bertz CT molecular complexity index is 367. The van der Waals surface area contributed by atoms with Crippen molar-refractivity contribution in [1.29, 1.82) is 5.26 Å². The third kappa shape index (κ3) is 1.60. The molecule has 1 unspecified atom stereocenters. The van der Waals surface area contributed by atoms with Crippen LogP contribution < -0.4 is 5.32 Å². The van der Waals surface area contributed by atoms with Crippen LogP contribution >= 0.6 is 0 Å². The number of nitriles is 1. The number of nitrogens with one attached hydrogen (secondary N) is 1. The van der Waals surface area contributed by atoms with Crippen molar-refractivity contribution in [2.75, 3.05) is 20.3 Å². The lowest BCUT2D eigenvalue weighted by atomic mass is 9.78. The number of ether oxygens (including phenoxy) is 1. The van der Waals surface area contributed by atoms with E-state index in [1.54, 1.807) is 6.20 Å². The van der Waals surface area contributed by atoms with E-state index in [4.69, 9.17) is 4.74 Å². The first-order valence-electron chi connectivity index (χ1n) is 4.89. The molecule has 1 N–H and O–H groups in total. The highest BCUT2D eigenvalue weighted by Gasteiger charge is 2.47. The SMILES string of the molecule is CNC(c1ccccn1)C1(C#N)COC1. The lowest BCUT2D eigenvalue weighted by molar-refractivity contribution is -0.0970. The minimum atomic E-state index is -0.455. The lowest BCUT2D eigenvalue weighted by Crippen LogP contribution is -2.50. The van der Waals surface area contributed by atoms with Gasteiger partial charge in [-0.25, -0.2) is 0 Å². The van der Waals surface area contributed by atoms with Crippen molar-refractivity contribution >= 4 is 0 Å². The number of hydrogen-bond donors (Lipinski definition) is 1. The minimum Gasteiger partial charge on any atom is -0.378 e. The molecule has 1 aromatic heterocycles. The predicted molar refractivity (Wildman–Crippen MR) is 54.9 cm³/mol. The van der Waals surface area contributed by atoms with Crippen molar-refractivity contribution in [3.8, 4) is 6.07 Å². The molecule has 1 aliphatic heterocycles. The van der Waals surface area contributed by atoms with Gasteiger partial charge in [0.05, 0.1) is 31.0 Å². The number of pyridine rings is 1. The molecule has 15 heavy (non-hydrogen) atoms. The van der Waals surface area contributed by atoms with Crippen LogP contribution in [0.2, 0.25) is 0 Å². The molecule has 2 heterocycles.